The van der Waals surface area contributed by atoms with E-state index in [2.05, 4.69) is 51.3 Å². The summed E-state index contributed by atoms with van der Waals surface area (Å²) in [5, 5.41) is 12.9. The lowest BCUT2D eigenvalue weighted by Crippen LogP contribution is -2.41. The fourth-order valence-corrected chi connectivity index (χ4v) is 5.12. The van der Waals surface area contributed by atoms with Crippen molar-refractivity contribution in [1.29, 1.82) is 0 Å². The molecule has 2 unspecified atom stereocenters. The number of rotatable bonds is 9. The summed E-state index contributed by atoms with van der Waals surface area (Å²) in [4.78, 5) is 12.7. The summed E-state index contributed by atoms with van der Waals surface area (Å²) < 4.78 is 7.41. The molecule has 1 aromatic heterocycles. The van der Waals surface area contributed by atoms with Crippen LogP contribution in [0.15, 0.2) is 59.8 Å². The normalized spacial score (nSPS) is 18.1. The van der Waals surface area contributed by atoms with Crippen molar-refractivity contribution < 1.29 is 9.53 Å². The summed E-state index contributed by atoms with van der Waals surface area (Å²) in [6, 6.07) is 18.5. The second kappa shape index (κ2) is 11.4. The van der Waals surface area contributed by atoms with E-state index in [4.69, 9.17) is 4.74 Å². The highest BCUT2D eigenvalue weighted by Crippen LogP contribution is 2.27. The molecule has 0 bridgehead atoms. The number of methoxy groups -OCH3 is 1. The van der Waals surface area contributed by atoms with Crippen LogP contribution in [-0.2, 0) is 17.8 Å². The summed E-state index contributed by atoms with van der Waals surface area (Å²) in [7, 11) is 1.66. The molecule has 1 aliphatic rings. The Bertz CT molecular complexity index is 1040. The van der Waals surface area contributed by atoms with Gasteiger partial charge in [-0.3, -0.25) is 4.79 Å². The van der Waals surface area contributed by atoms with E-state index in [1.807, 2.05) is 30.3 Å². The zero-order valence-corrected chi connectivity index (χ0v) is 20.2. The number of thioether (sulfide) groups is 1. The predicted molar refractivity (Wildman–Crippen MR) is 132 cm³/mol. The standard InChI is InChI=1S/C26H32N4O2S/c1-19-8-6-7-11-23(19)27-24(31)18-33-26-29-28-25(21-12-14-22(32-2)15-13-21)30(26)17-16-20-9-4-3-5-10-20/h3-5,9-10,12-15,19,23H,6-8,11,16-18H2,1-2H3,(H,27,31). The fourth-order valence-electron chi connectivity index (χ4n) is 4.35. The molecule has 0 saturated heterocycles. The minimum Gasteiger partial charge on any atom is -0.497 e. The summed E-state index contributed by atoms with van der Waals surface area (Å²) in [5.74, 6) is 2.57. The Labute approximate surface area is 200 Å². The van der Waals surface area contributed by atoms with E-state index in [9.17, 15) is 4.79 Å². The summed E-state index contributed by atoms with van der Waals surface area (Å²) in [6.45, 7) is 2.97. The Hall–Kier alpha value is -2.80. The first kappa shape index (κ1) is 23.4. The van der Waals surface area contributed by atoms with Gasteiger partial charge in [0.15, 0.2) is 11.0 Å². The van der Waals surface area contributed by atoms with Crippen molar-refractivity contribution in [2.75, 3.05) is 12.9 Å². The van der Waals surface area contributed by atoms with Crippen molar-refractivity contribution in [2.24, 2.45) is 5.92 Å². The van der Waals surface area contributed by atoms with Gasteiger partial charge in [0.25, 0.3) is 0 Å². The molecule has 1 aliphatic carbocycles. The average Bonchev–Trinajstić information content (AvgIpc) is 3.26. The van der Waals surface area contributed by atoms with Crippen LogP contribution in [0.2, 0.25) is 0 Å². The number of hydrogen-bond donors (Lipinski definition) is 1. The Balaban J connectivity index is 1.48. The number of aromatic nitrogens is 3. The molecular weight excluding hydrogens is 432 g/mol. The summed E-state index contributed by atoms with van der Waals surface area (Å²) in [6.07, 6.45) is 5.59. The number of amides is 1. The quantitative estimate of drug-likeness (QED) is 0.452. The van der Waals surface area contributed by atoms with Gasteiger partial charge >= 0.3 is 0 Å². The van der Waals surface area contributed by atoms with Crippen LogP contribution < -0.4 is 10.1 Å². The Morgan fingerprint density at radius 3 is 2.58 bits per heavy atom. The lowest BCUT2D eigenvalue weighted by atomic mass is 9.86. The third-order valence-electron chi connectivity index (χ3n) is 6.32. The topological polar surface area (TPSA) is 69.0 Å². The zero-order chi connectivity index (χ0) is 23.0. The largest absolute Gasteiger partial charge is 0.497 e. The molecule has 1 amide bonds. The van der Waals surface area contributed by atoms with Crippen LogP contribution in [0.5, 0.6) is 5.75 Å². The molecule has 174 valence electrons. The minimum atomic E-state index is 0.0716. The van der Waals surface area contributed by atoms with Crippen molar-refractivity contribution in [2.45, 2.75) is 56.8 Å². The van der Waals surface area contributed by atoms with Crippen LogP contribution >= 0.6 is 11.8 Å². The number of nitrogens with zero attached hydrogens (tertiary/aromatic N) is 3. The van der Waals surface area contributed by atoms with Crippen molar-refractivity contribution in [3.8, 4) is 17.1 Å². The maximum Gasteiger partial charge on any atom is 0.230 e. The smallest absolute Gasteiger partial charge is 0.230 e. The van der Waals surface area contributed by atoms with Crippen LogP contribution in [0, 0.1) is 5.92 Å². The van der Waals surface area contributed by atoms with Gasteiger partial charge in [0, 0.05) is 18.2 Å². The minimum absolute atomic E-state index is 0.0716. The number of ether oxygens (including phenoxy) is 1. The van der Waals surface area contributed by atoms with E-state index < -0.39 is 0 Å². The van der Waals surface area contributed by atoms with Crippen molar-refractivity contribution in [1.82, 2.24) is 20.1 Å². The molecule has 2 atom stereocenters. The number of carbonyl (C=O) groups is 1. The lowest BCUT2D eigenvalue weighted by Gasteiger charge is -2.29. The highest BCUT2D eigenvalue weighted by molar-refractivity contribution is 7.99. The number of carbonyl (C=O) groups excluding carboxylic acids is 1. The highest BCUT2D eigenvalue weighted by atomic mass is 32.2. The van der Waals surface area contributed by atoms with Gasteiger partial charge in [-0.15, -0.1) is 10.2 Å². The van der Waals surface area contributed by atoms with E-state index in [1.165, 1.54) is 36.6 Å². The molecule has 1 fully saturated rings. The lowest BCUT2D eigenvalue weighted by molar-refractivity contribution is -0.119. The zero-order valence-electron chi connectivity index (χ0n) is 19.4. The number of benzene rings is 2. The first-order valence-electron chi connectivity index (χ1n) is 11.7. The van der Waals surface area contributed by atoms with Gasteiger partial charge in [-0.25, -0.2) is 0 Å². The monoisotopic (exact) mass is 464 g/mol. The third-order valence-corrected chi connectivity index (χ3v) is 7.29. The average molecular weight is 465 g/mol. The van der Waals surface area contributed by atoms with E-state index in [-0.39, 0.29) is 11.9 Å². The van der Waals surface area contributed by atoms with Crippen molar-refractivity contribution >= 4 is 17.7 Å². The molecule has 0 aliphatic heterocycles. The molecule has 1 saturated carbocycles. The summed E-state index contributed by atoms with van der Waals surface area (Å²) >= 11 is 1.46. The van der Waals surface area contributed by atoms with Gasteiger partial charge in [0.1, 0.15) is 5.75 Å². The predicted octanol–water partition coefficient (Wildman–Crippen LogP) is 4.98. The number of aryl methyl sites for hydroxylation is 1. The Kier molecular flexibility index (Phi) is 8.05. The second-order valence-electron chi connectivity index (χ2n) is 8.65. The number of hydrogen-bond acceptors (Lipinski definition) is 5. The Morgan fingerprint density at radius 2 is 1.85 bits per heavy atom. The number of nitrogens with one attached hydrogen (secondary N) is 1. The summed E-state index contributed by atoms with van der Waals surface area (Å²) in [5.41, 5.74) is 2.23. The van der Waals surface area contributed by atoms with Gasteiger partial charge < -0.3 is 14.6 Å². The van der Waals surface area contributed by atoms with Gasteiger partial charge in [-0.2, -0.15) is 0 Å². The van der Waals surface area contributed by atoms with Gasteiger partial charge in [0.2, 0.25) is 5.91 Å². The molecule has 0 spiro atoms. The first-order chi connectivity index (χ1) is 16.1. The van der Waals surface area contributed by atoms with E-state index in [0.29, 0.717) is 11.7 Å². The molecule has 1 N–H and O–H groups in total. The molecule has 33 heavy (non-hydrogen) atoms. The van der Waals surface area contributed by atoms with Crippen molar-refractivity contribution in [3.63, 3.8) is 0 Å². The van der Waals surface area contributed by atoms with Gasteiger partial charge in [-0.05, 0) is 55.0 Å². The van der Waals surface area contributed by atoms with Crippen LogP contribution in [-0.4, -0.2) is 39.6 Å². The molecule has 2 aromatic carbocycles. The molecule has 1 heterocycles. The van der Waals surface area contributed by atoms with Crippen LogP contribution in [0.25, 0.3) is 11.4 Å². The molecule has 7 heteroatoms. The van der Waals surface area contributed by atoms with E-state index >= 15 is 0 Å². The maximum absolute atomic E-state index is 12.7. The molecule has 0 radical (unpaired) electrons. The van der Waals surface area contributed by atoms with Crippen LogP contribution in [0.4, 0.5) is 0 Å². The first-order valence-corrected chi connectivity index (χ1v) is 12.7. The molecular formula is C26H32N4O2S. The Morgan fingerprint density at radius 1 is 1.09 bits per heavy atom. The van der Waals surface area contributed by atoms with Crippen LogP contribution in [0.3, 0.4) is 0 Å². The van der Waals surface area contributed by atoms with Gasteiger partial charge in [0.05, 0.1) is 12.9 Å². The molecule has 3 aromatic rings. The second-order valence-corrected chi connectivity index (χ2v) is 9.59. The van der Waals surface area contributed by atoms with Crippen molar-refractivity contribution in [3.05, 3.63) is 60.2 Å². The van der Waals surface area contributed by atoms with Crippen LogP contribution in [0.1, 0.15) is 38.2 Å². The van der Waals surface area contributed by atoms with E-state index in [0.717, 1.165) is 41.7 Å². The SMILES string of the molecule is COc1ccc(-c2nnc(SCC(=O)NC3CCCCC3C)n2CCc2ccccc2)cc1. The molecule has 6 nitrogen and oxygen atoms in total. The highest BCUT2D eigenvalue weighted by Gasteiger charge is 2.23. The molecule has 4 rings (SSSR count). The third kappa shape index (κ3) is 6.16. The maximum atomic E-state index is 12.7. The van der Waals surface area contributed by atoms with E-state index in [1.54, 1.807) is 7.11 Å². The fraction of sp³-hybridized carbons (Fsp3) is 0.423. The van der Waals surface area contributed by atoms with Gasteiger partial charge in [-0.1, -0.05) is 61.9 Å².